The summed E-state index contributed by atoms with van der Waals surface area (Å²) in [5.74, 6) is 2.14. The summed E-state index contributed by atoms with van der Waals surface area (Å²) >= 11 is 0. The molecule has 0 radical (unpaired) electrons. The van der Waals surface area contributed by atoms with E-state index in [-0.39, 0.29) is 6.04 Å². The molecule has 12 rings (SSSR count). The molecule has 1 N–H and O–H groups in total. The van der Waals surface area contributed by atoms with Gasteiger partial charge in [0.25, 0.3) is 0 Å². The van der Waals surface area contributed by atoms with Crippen LogP contribution in [0.5, 0.6) is 0 Å². The number of para-hydroxylation sites is 2. The Morgan fingerprint density at radius 1 is 0.507 bits per heavy atom. The van der Waals surface area contributed by atoms with E-state index in [0.29, 0.717) is 5.92 Å². The Balaban J connectivity index is 0.000000311. The topological polar surface area (TPSA) is 59.0 Å². The van der Waals surface area contributed by atoms with Crippen molar-refractivity contribution in [2.24, 2.45) is 20.9 Å². The summed E-state index contributed by atoms with van der Waals surface area (Å²) in [6.07, 6.45) is 4.41. The van der Waals surface area contributed by atoms with Crippen LogP contribution in [0.4, 0.5) is 0 Å². The van der Waals surface area contributed by atoms with Crippen molar-refractivity contribution in [2.75, 3.05) is 7.05 Å². The molecule has 6 heteroatoms. The van der Waals surface area contributed by atoms with Gasteiger partial charge in [-0.2, -0.15) is 0 Å². The average Bonchev–Trinajstić information content (AvgIpc) is 4.06. The first kappa shape index (κ1) is 51.0. The van der Waals surface area contributed by atoms with Gasteiger partial charge in [-0.1, -0.05) is 199 Å². The van der Waals surface area contributed by atoms with Crippen LogP contribution in [-0.4, -0.2) is 33.6 Å². The van der Waals surface area contributed by atoms with Crippen LogP contribution in [0.3, 0.4) is 0 Å². The third kappa shape index (κ3) is 11.1. The van der Waals surface area contributed by atoms with Gasteiger partial charge in [0.15, 0.2) is 5.84 Å². The summed E-state index contributed by atoms with van der Waals surface area (Å²) in [6.45, 7) is 14.3. The van der Waals surface area contributed by atoms with Crippen LogP contribution < -0.4 is 5.32 Å². The third-order valence-corrected chi connectivity index (χ3v) is 13.5. The van der Waals surface area contributed by atoms with Crippen LogP contribution in [-0.2, 0) is 0 Å². The lowest BCUT2D eigenvalue weighted by Crippen LogP contribution is -2.31. The minimum absolute atomic E-state index is 0.0545. The summed E-state index contributed by atoms with van der Waals surface area (Å²) in [5, 5.41) is 9.94. The summed E-state index contributed by atoms with van der Waals surface area (Å²) in [4.78, 5) is 13.8. The van der Waals surface area contributed by atoms with Gasteiger partial charge in [0.05, 0.1) is 28.3 Å². The van der Waals surface area contributed by atoms with Gasteiger partial charge in [0.1, 0.15) is 5.84 Å². The molecule has 0 saturated carbocycles. The van der Waals surface area contributed by atoms with Gasteiger partial charge < -0.3 is 14.5 Å². The normalized spacial score (nSPS) is 13.5. The van der Waals surface area contributed by atoms with Crippen molar-refractivity contribution in [1.29, 1.82) is 0 Å². The molecule has 9 aromatic carbocycles. The first-order valence-electron chi connectivity index (χ1n) is 26.4. The SMILES string of the molecule is C1=C(c2ccccc2)N=C(c2ccccc2)NC1c1cccc(-c2cccc(-n3c4ccccc4c4cc5cc6ccn(-c7ccccc7)c6cc5cc43)c2)c1.CC.CC.CN=C(N=C(C)C(C)C)c1ccccc1. The predicted octanol–water partition coefficient (Wildman–Crippen LogP) is 17.9. The first-order chi connectivity index (χ1) is 36.9. The molecular weight excluding hydrogens is 913 g/mol. The zero-order valence-corrected chi connectivity index (χ0v) is 44.4. The number of aromatic nitrogens is 2. The fourth-order valence-electron chi connectivity index (χ4n) is 9.53. The fraction of sp³-hybridized carbons (Fsp3) is 0.145. The van der Waals surface area contributed by atoms with Crippen molar-refractivity contribution in [3.63, 3.8) is 0 Å². The van der Waals surface area contributed by atoms with Crippen molar-refractivity contribution in [3.8, 4) is 22.5 Å². The third-order valence-electron chi connectivity index (χ3n) is 13.5. The number of rotatable bonds is 8. The second-order valence-electron chi connectivity index (χ2n) is 18.4. The lowest BCUT2D eigenvalue weighted by atomic mass is 9.96. The molecule has 2 aromatic heterocycles. The number of nitrogens with one attached hydrogen (secondary N) is 1. The number of benzene rings is 9. The zero-order chi connectivity index (χ0) is 52.3. The van der Waals surface area contributed by atoms with Crippen LogP contribution in [0, 0.1) is 5.92 Å². The number of hydrogen-bond acceptors (Lipinski definition) is 3. The second kappa shape index (κ2) is 23.8. The molecule has 1 atom stereocenters. The van der Waals surface area contributed by atoms with Crippen molar-refractivity contribution in [2.45, 2.75) is 54.5 Å². The Morgan fingerprint density at radius 3 is 1.77 bits per heavy atom. The Kier molecular flexibility index (Phi) is 16.2. The van der Waals surface area contributed by atoms with Crippen LogP contribution in [0.1, 0.15) is 76.8 Å². The van der Waals surface area contributed by atoms with Gasteiger partial charge in [-0.05, 0) is 119 Å². The van der Waals surface area contributed by atoms with E-state index in [0.717, 1.165) is 51.1 Å². The highest BCUT2D eigenvalue weighted by molar-refractivity contribution is 6.15. The molecule has 1 unspecified atom stereocenters. The molecule has 0 fully saturated rings. The van der Waals surface area contributed by atoms with Crippen LogP contribution >= 0.6 is 0 Å². The lowest BCUT2D eigenvalue weighted by Gasteiger charge is -2.25. The number of fused-ring (bicyclic) bond motifs is 5. The maximum absolute atomic E-state index is 5.08. The molecule has 75 heavy (non-hydrogen) atoms. The minimum atomic E-state index is -0.0545. The summed E-state index contributed by atoms with van der Waals surface area (Å²) in [5.41, 5.74) is 14.7. The van der Waals surface area contributed by atoms with Gasteiger partial charge in [0.2, 0.25) is 0 Å². The van der Waals surface area contributed by atoms with Crippen LogP contribution in [0.15, 0.2) is 252 Å². The van der Waals surface area contributed by atoms with E-state index >= 15 is 0 Å². The van der Waals surface area contributed by atoms with E-state index in [1.807, 2.05) is 77.1 Å². The highest BCUT2D eigenvalue weighted by Crippen LogP contribution is 2.38. The Bertz CT molecular complexity index is 3820. The Hall–Kier alpha value is -8.87. The van der Waals surface area contributed by atoms with Gasteiger partial charge in [-0.15, -0.1) is 0 Å². The van der Waals surface area contributed by atoms with E-state index in [1.54, 1.807) is 7.05 Å². The van der Waals surface area contributed by atoms with Gasteiger partial charge in [-0.3, -0.25) is 4.99 Å². The smallest absolute Gasteiger partial charge is 0.154 e. The summed E-state index contributed by atoms with van der Waals surface area (Å²) in [6, 6.07) is 79.7. The van der Waals surface area contributed by atoms with E-state index < -0.39 is 0 Å². The number of nitrogens with zero attached hydrogens (tertiary/aromatic N) is 5. The molecule has 0 bridgehead atoms. The molecule has 6 nitrogen and oxygen atoms in total. The number of aliphatic imine (C=N–C) groups is 3. The zero-order valence-electron chi connectivity index (χ0n) is 44.4. The quantitative estimate of drug-likeness (QED) is 0.120. The average molecular weight is 979 g/mol. The van der Waals surface area contributed by atoms with Gasteiger partial charge >= 0.3 is 0 Å². The van der Waals surface area contributed by atoms with Crippen molar-refractivity contribution >= 4 is 66.6 Å². The highest BCUT2D eigenvalue weighted by atomic mass is 15.0. The van der Waals surface area contributed by atoms with Crippen molar-refractivity contribution in [3.05, 3.63) is 259 Å². The predicted molar refractivity (Wildman–Crippen MR) is 323 cm³/mol. The molecular formula is C69H66N6. The van der Waals surface area contributed by atoms with Gasteiger partial charge in [-0.25, -0.2) is 9.98 Å². The van der Waals surface area contributed by atoms with Crippen LogP contribution in [0.25, 0.3) is 71.7 Å². The molecule has 3 heterocycles. The molecule has 0 spiro atoms. The lowest BCUT2D eigenvalue weighted by molar-refractivity contribution is 0.781. The van der Waals surface area contributed by atoms with E-state index in [9.17, 15) is 0 Å². The molecule has 1 aliphatic heterocycles. The second-order valence-corrected chi connectivity index (χ2v) is 18.4. The molecule has 0 aliphatic carbocycles. The van der Waals surface area contributed by atoms with E-state index in [4.69, 9.17) is 4.99 Å². The fourth-order valence-corrected chi connectivity index (χ4v) is 9.53. The summed E-state index contributed by atoms with van der Waals surface area (Å²) < 4.78 is 4.71. The number of hydrogen-bond donors (Lipinski definition) is 1. The standard InChI is InChI=1S/C52H36N4.C13H18N2.2C2H6/c1-4-14-35(15-5-1)47-34-48(54-52(53-47)36-16-6-2-7-17-36)39-20-12-18-37(28-39)38-19-13-23-44(30-38)56-49-25-11-10-24-45(49)46-31-41-29-40-26-27-55(43-21-8-3-9-22-43)50(40)32-42(41)33-51(46)56;1-10(2)11(3)15-13(14-4)12-8-6-5-7-9-12;2*1-2/h1-34,48H,(H,53,54);5-10H,1-4H3;2*1-2H3. The monoisotopic (exact) mass is 979 g/mol. The first-order valence-corrected chi connectivity index (χ1v) is 26.4. The number of amidine groups is 2. The molecule has 0 saturated heterocycles. The molecule has 0 amide bonds. The van der Waals surface area contributed by atoms with E-state index in [2.05, 4.69) is 233 Å². The molecule has 372 valence electrons. The largest absolute Gasteiger partial charge is 0.359 e. The molecule has 1 aliphatic rings. The molecule has 11 aromatic rings. The summed E-state index contributed by atoms with van der Waals surface area (Å²) in [7, 11) is 1.78. The van der Waals surface area contributed by atoms with Gasteiger partial charge in [0, 0.05) is 57.6 Å². The maximum atomic E-state index is 5.08. The van der Waals surface area contributed by atoms with Crippen molar-refractivity contribution < 1.29 is 0 Å². The minimum Gasteiger partial charge on any atom is -0.359 e. The van der Waals surface area contributed by atoms with E-state index in [1.165, 1.54) is 60.2 Å². The Labute approximate surface area is 442 Å². The maximum Gasteiger partial charge on any atom is 0.154 e. The van der Waals surface area contributed by atoms with Crippen molar-refractivity contribution in [1.82, 2.24) is 14.5 Å². The highest BCUT2D eigenvalue weighted by Gasteiger charge is 2.21. The van der Waals surface area contributed by atoms with Crippen LogP contribution in [0.2, 0.25) is 0 Å². The Morgan fingerprint density at radius 2 is 1.08 bits per heavy atom.